The molecule has 1 aromatic carbocycles. The Balaban J connectivity index is 0.000000243. The molecule has 1 saturated heterocycles. The molecule has 3 atom stereocenters. The predicted octanol–water partition coefficient (Wildman–Crippen LogP) is 2.14. The quantitative estimate of drug-likeness (QED) is 0.212. The van der Waals surface area contributed by atoms with Gasteiger partial charge in [-0.05, 0) is 19.1 Å². The van der Waals surface area contributed by atoms with Gasteiger partial charge in [0, 0.05) is 18.2 Å². The average Bonchev–Trinajstić information content (AvgIpc) is 3.29. The van der Waals surface area contributed by atoms with E-state index in [9.17, 15) is 14.7 Å². The van der Waals surface area contributed by atoms with Crippen LogP contribution in [0.4, 0.5) is 5.95 Å². The minimum atomic E-state index is -0.850. The molecule has 4 rings (SSSR count). The number of nitrogens with two attached hydrogens (primary N) is 1. The molecule has 1 aliphatic rings. The number of anilines is 1. The normalized spacial score (nSPS) is 20.1. The van der Waals surface area contributed by atoms with E-state index in [1.54, 1.807) is 0 Å². The van der Waals surface area contributed by atoms with Gasteiger partial charge in [-0.1, -0.05) is 29.0 Å². The highest BCUT2D eigenvalue weighted by atomic mass is 32.2. The number of ether oxygens (including phenoxy) is 2. The first-order valence-electron chi connectivity index (χ1n) is 9.44. The van der Waals surface area contributed by atoms with Gasteiger partial charge in [0.2, 0.25) is 5.95 Å². The van der Waals surface area contributed by atoms with E-state index < -0.39 is 24.4 Å². The number of esters is 1. The first kappa shape index (κ1) is 24.1. The Morgan fingerprint density at radius 2 is 2.12 bits per heavy atom. The zero-order valence-corrected chi connectivity index (χ0v) is 18.8. The molecule has 172 valence electrons. The number of fused-ring (bicyclic) bond motifs is 1. The average molecular weight is 483 g/mol. The van der Waals surface area contributed by atoms with Crippen molar-refractivity contribution >= 4 is 45.6 Å². The van der Waals surface area contributed by atoms with Crippen molar-refractivity contribution in [2.75, 3.05) is 12.3 Å². The molecule has 0 bridgehead atoms. The molecule has 0 unspecified atom stereocenters. The fourth-order valence-corrected chi connectivity index (χ4v) is 4.24. The number of rotatable bonds is 5. The number of hydrogen-bond donors (Lipinski definition) is 3. The Labute approximate surface area is 190 Å². The van der Waals surface area contributed by atoms with Crippen LogP contribution < -0.4 is 10.6 Å². The van der Waals surface area contributed by atoms with Crippen molar-refractivity contribution < 1.29 is 29.0 Å². The lowest BCUT2D eigenvalue weighted by molar-refractivity contribution is -0.152. The predicted molar refractivity (Wildman–Crippen MR) is 118 cm³/mol. The van der Waals surface area contributed by atoms with E-state index in [-0.39, 0.29) is 17.4 Å². The van der Waals surface area contributed by atoms with E-state index in [0.717, 1.165) is 28.3 Å². The van der Waals surface area contributed by atoms with Crippen LogP contribution in [0.3, 0.4) is 0 Å². The zero-order chi connectivity index (χ0) is 23.3. The van der Waals surface area contributed by atoms with Crippen molar-refractivity contribution in [3.05, 3.63) is 45.7 Å². The molecule has 0 aliphatic carbocycles. The molecular formula is C19H22N4O7S2. The summed E-state index contributed by atoms with van der Waals surface area (Å²) in [6.07, 6.45) is -0.293. The molecule has 0 amide bonds. The van der Waals surface area contributed by atoms with Gasteiger partial charge in [-0.15, -0.1) is 0 Å². The fraction of sp³-hybridized carbons (Fsp3) is 0.368. The summed E-state index contributed by atoms with van der Waals surface area (Å²) >= 11 is 1.89. The second-order valence-electron chi connectivity index (χ2n) is 6.84. The van der Waals surface area contributed by atoms with Crippen LogP contribution in [0.25, 0.3) is 10.3 Å². The highest BCUT2D eigenvalue weighted by Gasteiger charge is 2.40. The summed E-state index contributed by atoms with van der Waals surface area (Å²) in [7, 11) is 0. The number of carbonyl (C=O) groups is 1. The van der Waals surface area contributed by atoms with Gasteiger partial charge < -0.3 is 20.3 Å². The summed E-state index contributed by atoms with van der Waals surface area (Å²) in [4.78, 5) is 32.0. The third-order valence-electron chi connectivity index (χ3n) is 4.45. The van der Waals surface area contributed by atoms with E-state index >= 15 is 0 Å². The van der Waals surface area contributed by atoms with Crippen molar-refractivity contribution in [1.82, 2.24) is 14.5 Å². The Morgan fingerprint density at radius 1 is 1.41 bits per heavy atom. The molecule has 0 spiro atoms. The Bertz CT molecular complexity index is 1120. The molecule has 3 heterocycles. The van der Waals surface area contributed by atoms with E-state index in [1.165, 1.54) is 23.3 Å². The standard InChI is InChI=1S/C12H14N4O5S.C7H8O2S/c1-5(18)20-7-2-6(4-17)21-10(7)16-9-8(22-12(16)19)3-14-11(13)15-9;1-6-2-4-7(5-3-6)10-9-8/h3,6-7,10,17H,2,4H2,1H3,(H2,13,14,15);2-5,8H,1H3/t6-,7+,10+;/m0./s1. The summed E-state index contributed by atoms with van der Waals surface area (Å²) in [6.45, 7) is 3.05. The smallest absolute Gasteiger partial charge is 0.311 e. The summed E-state index contributed by atoms with van der Waals surface area (Å²) in [5, 5.41) is 17.3. The number of hydrogen-bond acceptors (Lipinski definition) is 12. The van der Waals surface area contributed by atoms with Gasteiger partial charge in [0.25, 0.3) is 0 Å². The van der Waals surface area contributed by atoms with Gasteiger partial charge in [0.15, 0.2) is 11.9 Å². The van der Waals surface area contributed by atoms with Gasteiger partial charge >= 0.3 is 10.8 Å². The van der Waals surface area contributed by atoms with Crippen molar-refractivity contribution in [3.63, 3.8) is 0 Å². The van der Waals surface area contributed by atoms with E-state index in [2.05, 4.69) is 14.3 Å². The number of aliphatic hydroxyl groups excluding tert-OH is 1. The molecule has 0 radical (unpaired) electrons. The summed E-state index contributed by atoms with van der Waals surface area (Å²) in [5.74, 6) is -0.460. The maximum Gasteiger partial charge on any atom is 0.311 e. The number of thiazole rings is 1. The highest BCUT2D eigenvalue weighted by Crippen LogP contribution is 2.33. The summed E-state index contributed by atoms with van der Waals surface area (Å²) in [5.41, 5.74) is 7.09. The highest BCUT2D eigenvalue weighted by molar-refractivity contribution is 7.94. The van der Waals surface area contributed by atoms with Crippen LogP contribution in [0.2, 0.25) is 0 Å². The first-order valence-corrected chi connectivity index (χ1v) is 11.0. The molecule has 1 fully saturated rings. The van der Waals surface area contributed by atoms with Crippen LogP contribution in [0.1, 0.15) is 25.1 Å². The number of aromatic nitrogens is 3. The van der Waals surface area contributed by atoms with Crippen LogP contribution in [0.5, 0.6) is 0 Å². The van der Waals surface area contributed by atoms with Gasteiger partial charge in [-0.3, -0.25) is 14.2 Å². The van der Waals surface area contributed by atoms with E-state index in [4.69, 9.17) is 20.5 Å². The molecule has 13 heteroatoms. The fourth-order valence-electron chi connectivity index (χ4n) is 3.09. The van der Waals surface area contributed by atoms with Crippen LogP contribution in [-0.4, -0.2) is 49.7 Å². The molecule has 1 aliphatic heterocycles. The molecule has 0 saturated carbocycles. The summed E-state index contributed by atoms with van der Waals surface area (Å²) < 4.78 is 16.6. The molecule has 2 aromatic heterocycles. The number of aliphatic hydroxyl groups is 1. The van der Waals surface area contributed by atoms with Crippen molar-refractivity contribution in [2.45, 2.75) is 43.6 Å². The Hall–Kier alpha value is -2.55. The summed E-state index contributed by atoms with van der Waals surface area (Å²) in [6, 6.07) is 7.69. The van der Waals surface area contributed by atoms with Crippen LogP contribution in [-0.2, 0) is 18.6 Å². The minimum absolute atomic E-state index is 0.0276. The first-order chi connectivity index (χ1) is 15.3. The lowest BCUT2D eigenvalue weighted by Gasteiger charge is -2.19. The molecule has 11 nitrogen and oxygen atoms in total. The number of benzene rings is 1. The molecule has 3 aromatic rings. The van der Waals surface area contributed by atoms with E-state index in [1.807, 2.05) is 31.2 Å². The van der Waals surface area contributed by atoms with Gasteiger partial charge in [0.1, 0.15) is 6.10 Å². The molecule has 32 heavy (non-hydrogen) atoms. The van der Waals surface area contributed by atoms with Crippen LogP contribution in [0.15, 0.2) is 40.2 Å². The third-order valence-corrected chi connectivity index (χ3v) is 5.87. The topological polar surface area (TPSA) is 159 Å². The minimum Gasteiger partial charge on any atom is -0.458 e. The third kappa shape index (κ3) is 5.82. The van der Waals surface area contributed by atoms with Gasteiger partial charge in [-0.2, -0.15) is 9.32 Å². The van der Waals surface area contributed by atoms with E-state index in [0.29, 0.717) is 16.8 Å². The maximum absolute atomic E-state index is 12.3. The second-order valence-corrected chi connectivity index (χ2v) is 8.62. The van der Waals surface area contributed by atoms with Crippen molar-refractivity contribution in [3.8, 4) is 0 Å². The number of aryl methyl sites for hydroxylation is 1. The van der Waals surface area contributed by atoms with Gasteiger partial charge in [0.05, 0.1) is 35.7 Å². The SMILES string of the molecule is CC(=O)O[C@@H]1C[C@@H](CO)O[C@H]1n1c(=O)sc2cnc(N)nc21.Cc1ccc(SOO)cc1. The zero-order valence-electron chi connectivity index (χ0n) is 17.2. The number of nitrogen functional groups attached to an aromatic ring is 1. The van der Waals surface area contributed by atoms with Crippen LogP contribution in [0, 0.1) is 6.92 Å². The number of carbonyl (C=O) groups excluding carboxylic acids is 1. The van der Waals surface area contributed by atoms with Gasteiger partial charge in [-0.25, -0.2) is 10.2 Å². The lowest BCUT2D eigenvalue weighted by atomic mass is 10.2. The molecular weight excluding hydrogens is 460 g/mol. The maximum atomic E-state index is 12.3. The molecule has 4 N–H and O–H groups in total. The Kier molecular flexibility index (Phi) is 8.17. The van der Waals surface area contributed by atoms with Crippen molar-refractivity contribution in [1.29, 1.82) is 0 Å². The van der Waals surface area contributed by atoms with Crippen molar-refractivity contribution in [2.24, 2.45) is 0 Å². The second kappa shape index (κ2) is 10.8. The van der Waals surface area contributed by atoms with Crippen LogP contribution >= 0.6 is 23.4 Å². The Morgan fingerprint density at radius 3 is 2.75 bits per heavy atom. The largest absolute Gasteiger partial charge is 0.458 e. The monoisotopic (exact) mass is 482 g/mol. The lowest BCUT2D eigenvalue weighted by Crippen LogP contribution is -2.30. The number of nitrogens with zero attached hydrogens (tertiary/aromatic N) is 3.